The van der Waals surface area contributed by atoms with E-state index in [0.29, 0.717) is 13.1 Å². The van der Waals surface area contributed by atoms with Crippen LogP contribution in [0.1, 0.15) is 5.56 Å². The van der Waals surface area contributed by atoms with Gasteiger partial charge in [0.25, 0.3) is 6.47 Å². The predicted octanol–water partition coefficient (Wildman–Crippen LogP) is 1.91. The van der Waals surface area contributed by atoms with Crippen LogP contribution < -0.4 is 5.48 Å². The standard InChI is InChI=1S/C8H8O2.C4H5NO/c9-7-10-6-8-4-2-1-3-5-8;1-2-4-6-5-3-1/h1-5,7H,6H2;1-5H. The van der Waals surface area contributed by atoms with E-state index < -0.39 is 0 Å². The maximum atomic E-state index is 9.76. The monoisotopic (exact) mass is 219 g/mol. The fraction of sp³-hybridized carbons (Fsp3) is 0.0833. The summed E-state index contributed by atoms with van der Waals surface area (Å²) in [5, 5.41) is 0. The Kier molecular flexibility index (Phi) is 6.00. The van der Waals surface area contributed by atoms with Crippen LogP contribution in [-0.4, -0.2) is 6.47 Å². The van der Waals surface area contributed by atoms with Crippen LogP contribution in [0.4, 0.5) is 0 Å². The van der Waals surface area contributed by atoms with Gasteiger partial charge in [-0.25, -0.2) is 5.48 Å². The Bertz CT molecular complexity index is 335. The van der Waals surface area contributed by atoms with Crippen molar-refractivity contribution < 1.29 is 14.4 Å². The summed E-state index contributed by atoms with van der Waals surface area (Å²) in [6.45, 7) is 0.817. The summed E-state index contributed by atoms with van der Waals surface area (Å²) in [4.78, 5) is 14.3. The second-order valence-corrected chi connectivity index (χ2v) is 2.82. The second kappa shape index (κ2) is 8.11. The van der Waals surface area contributed by atoms with Crippen molar-refractivity contribution in [2.24, 2.45) is 0 Å². The lowest BCUT2D eigenvalue weighted by Gasteiger charge is -1.97. The molecule has 1 aliphatic heterocycles. The van der Waals surface area contributed by atoms with Gasteiger partial charge in [0.15, 0.2) is 0 Å². The molecule has 1 aromatic carbocycles. The minimum atomic E-state index is 0.365. The zero-order valence-corrected chi connectivity index (χ0v) is 8.71. The van der Waals surface area contributed by atoms with Crippen LogP contribution in [0.5, 0.6) is 0 Å². The van der Waals surface area contributed by atoms with Gasteiger partial charge in [0, 0.05) is 6.20 Å². The van der Waals surface area contributed by atoms with Gasteiger partial charge in [-0.15, -0.1) is 0 Å². The molecule has 1 aromatic rings. The number of hydrogen-bond acceptors (Lipinski definition) is 4. The molecule has 0 amide bonds. The van der Waals surface area contributed by atoms with Crippen molar-refractivity contribution in [3.63, 3.8) is 0 Å². The number of allylic oxidation sites excluding steroid dienone is 2. The third-order valence-corrected chi connectivity index (χ3v) is 1.65. The first-order valence-corrected chi connectivity index (χ1v) is 4.75. The molecule has 0 aromatic heterocycles. The molecule has 84 valence electrons. The summed E-state index contributed by atoms with van der Waals surface area (Å²) in [6, 6.07) is 9.55. The van der Waals surface area contributed by atoms with Gasteiger partial charge >= 0.3 is 0 Å². The molecule has 1 heterocycles. The largest absolute Gasteiger partial charge is 0.463 e. The van der Waals surface area contributed by atoms with E-state index in [1.54, 1.807) is 18.5 Å². The number of hydroxylamine groups is 1. The Labute approximate surface area is 94.1 Å². The lowest BCUT2D eigenvalue weighted by molar-refractivity contribution is -0.129. The SMILES string of the molecule is C1=CNOC=C1.O=COCc1ccccc1. The van der Waals surface area contributed by atoms with Crippen LogP contribution in [-0.2, 0) is 21.0 Å². The van der Waals surface area contributed by atoms with E-state index in [-0.39, 0.29) is 0 Å². The quantitative estimate of drug-likeness (QED) is 0.789. The molecule has 4 nitrogen and oxygen atoms in total. The molecule has 0 unspecified atom stereocenters. The molecule has 2 rings (SSSR count). The molecule has 0 atom stereocenters. The molecule has 0 spiro atoms. The van der Waals surface area contributed by atoms with E-state index in [4.69, 9.17) is 0 Å². The molecule has 1 aliphatic rings. The van der Waals surface area contributed by atoms with Crippen molar-refractivity contribution in [1.82, 2.24) is 5.48 Å². The Hall–Kier alpha value is -2.23. The average molecular weight is 219 g/mol. The van der Waals surface area contributed by atoms with Crippen molar-refractivity contribution in [1.29, 1.82) is 0 Å². The molecule has 0 saturated heterocycles. The van der Waals surface area contributed by atoms with Crippen molar-refractivity contribution in [2.45, 2.75) is 6.61 Å². The average Bonchev–Trinajstić information content (AvgIpc) is 2.40. The Balaban J connectivity index is 0.000000181. The van der Waals surface area contributed by atoms with E-state index in [1.165, 1.54) is 0 Å². The lowest BCUT2D eigenvalue weighted by atomic mass is 10.2. The molecule has 0 aliphatic carbocycles. The van der Waals surface area contributed by atoms with Crippen LogP contribution in [0.3, 0.4) is 0 Å². The van der Waals surface area contributed by atoms with Crippen molar-refractivity contribution in [3.8, 4) is 0 Å². The van der Waals surface area contributed by atoms with Crippen LogP contribution in [0.25, 0.3) is 0 Å². The Morgan fingerprint density at radius 3 is 2.50 bits per heavy atom. The Morgan fingerprint density at radius 1 is 1.25 bits per heavy atom. The summed E-state index contributed by atoms with van der Waals surface area (Å²) in [7, 11) is 0. The first-order chi connectivity index (χ1) is 7.93. The first-order valence-electron chi connectivity index (χ1n) is 4.75. The molecule has 0 fully saturated rings. The minimum Gasteiger partial charge on any atom is -0.463 e. The minimum absolute atomic E-state index is 0.365. The number of ether oxygens (including phenoxy) is 1. The van der Waals surface area contributed by atoms with Gasteiger partial charge in [-0.2, -0.15) is 0 Å². The first kappa shape index (κ1) is 11.8. The number of benzene rings is 1. The maximum Gasteiger partial charge on any atom is 0.293 e. The van der Waals surface area contributed by atoms with Gasteiger partial charge in [0.2, 0.25) is 0 Å². The molecule has 0 saturated carbocycles. The predicted molar refractivity (Wildman–Crippen MR) is 59.8 cm³/mol. The topological polar surface area (TPSA) is 47.6 Å². The van der Waals surface area contributed by atoms with E-state index in [1.807, 2.05) is 36.4 Å². The molecule has 16 heavy (non-hydrogen) atoms. The highest BCUT2D eigenvalue weighted by Crippen LogP contribution is 1.98. The molecule has 1 N–H and O–H groups in total. The van der Waals surface area contributed by atoms with E-state index >= 15 is 0 Å². The number of hydrogen-bond donors (Lipinski definition) is 1. The van der Waals surface area contributed by atoms with Gasteiger partial charge < -0.3 is 9.57 Å². The highest BCUT2D eigenvalue weighted by atomic mass is 16.6. The smallest absolute Gasteiger partial charge is 0.293 e. The van der Waals surface area contributed by atoms with Crippen LogP contribution in [0.15, 0.2) is 54.9 Å². The highest BCUT2D eigenvalue weighted by molar-refractivity contribution is 5.37. The van der Waals surface area contributed by atoms with Gasteiger partial charge in [-0.05, 0) is 17.7 Å². The molecular formula is C12H13NO3. The maximum absolute atomic E-state index is 9.76. The number of carbonyl (C=O) groups is 1. The van der Waals surface area contributed by atoms with Crippen LogP contribution in [0, 0.1) is 0 Å². The van der Waals surface area contributed by atoms with Gasteiger partial charge in [-0.1, -0.05) is 30.3 Å². The molecule has 4 heteroatoms. The summed E-state index contributed by atoms with van der Waals surface area (Å²) < 4.78 is 4.54. The molecule has 0 bridgehead atoms. The summed E-state index contributed by atoms with van der Waals surface area (Å²) in [5.41, 5.74) is 3.53. The van der Waals surface area contributed by atoms with Crippen LogP contribution in [0.2, 0.25) is 0 Å². The second-order valence-electron chi connectivity index (χ2n) is 2.82. The normalized spacial score (nSPS) is 11.5. The summed E-state index contributed by atoms with van der Waals surface area (Å²) in [6.07, 6.45) is 6.93. The number of rotatable bonds is 3. The third kappa shape index (κ3) is 5.49. The molecular weight excluding hydrogens is 206 g/mol. The van der Waals surface area contributed by atoms with Crippen molar-refractivity contribution >= 4 is 6.47 Å². The van der Waals surface area contributed by atoms with Crippen LogP contribution >= 0.6 is 0 Å². The zero-order chi connectivity index (χ0) is 11.5. The van der Waals surface area contributed by atoms with Crippen molar-refractivity contribution in [2.75, 3.05) is 0 Å². The summed E-state index contributed by atoms with van der Waals surface area (Å²) >= 11 is 0. The zero-order valence-electron chi connectivity index (χ0n) is 8.71. The van der Waals surface area contributed by atoms with E-state index in [2.05, 4.69) is 15.1 Å². The number of carbonyl (C=O) groups excluding carboxylic acids is 1. The van der Waals surface area contributed by atoms with E-state index in [0.717, 1.165) is 5.56 Å². The van der Waals surface area contributed by atoms with E-state index in [9.17, 15) is 4.79 Å². The van der Waals surface area contributed by atoms with Gasteiger partial charge in [-0.3, -0.25) is 4.79 Å². The summed E-state index contributed by atoms with van der Waals surface area (Å²) in [5.74, 6) is 0. The van der Waals surface area contributed by atoms with Gasteiger partial charge in [0.1, 0.15) is 12.9 Å². The van der Waals surface area contributed by atoms with Gasteiger partial charge in [0.05, 0.1) is 0 Å². The number of nitrogens with one attached hydrogen (secondary N) is 1. The lowest BCUT2D eigenvalue weighted by Crippen LogP contribution is -2.01. The fourth-order valence-corrected chi connectivity index (χ4v) is 0.963. The van der Waals surface area contributed by atoms with Crippen molar-refractivity contribution in [3.05, 3.63) is 60.5 Å². The molecule has 0 radical (unpaired) electrons. The Morgan fingerprint density at radius 2 is 2.06 bits per heavy atom. The third-order valence-electron chi connectivity index (χ3n) is 1.65. The highest BCUT2D eigenvalue weighted by Gasteiger charge is 1.87. The fourth-order valence-electron chi connectivity index (χ4n) is 0.963.